The van der Waals surface area contributed by atoms with Crippen LogP contribution in [0.3, 0.4) is 0 Å². The molecule has 2 nitrogen and oxygen atoms in total. The van der Waals surface area contributed by atoms with Gasteiger partial charge in [-0.1, -0.05) is 0 Å². The van der Waals surface area contributed by atoms with Gasteiger partial charge in [0.05, 0.1) is 5.75 Å². The SMILES string of the molecule is O=C(O)CCC1CSCC1(F)F. The van der Waals surface area contributed by atoms with Crippen molar-refractivity contribution in [3.8, 4) is 0 Å². The van der Waals surface area contributed by atoms with Gasteiger partial charge >= 0.3 is 5.97 Å². The number of aliphatic carboxylic acids is 1. The van der Waals surface area contributed by atoms with E-state index in [2.05, 4.69) is 0 Å². The Labute approximate surface area is 73.3 Å². The van der Waals surface area contributed by atoms with Crippen molar-refractivity contribution >= 4 is 17.7 Å². The number of hydrogen-bond acceptors (Lipinski definition) is 2. The smallest absolute Gasteiger partial charge is 0.303 e. The maximum absolute atomic E-state index is 12.8. The van der Waals surface area contributed by atoms with Crippen LogP contribution in [0.5, 0.6) is 0 Å². The zero-order valence-corrected chi connectivity index (χ0v) is 7.24. The molecule has 1 saturated heterocycles. The Morgan fingerprint density at radius 1 is 1.67 bits per heavy atom. The van der Waals surface area contributed by atoms with E-state index < -0.39 is 17.8 Å². The highest BCUT2D eigenvalue weighted by Gasteiger charge is 2.44. The zero-order valence-electron chi connectivity index (χ0n) is 6.43. The van der Waals surface area contributed by atoms with Gasteiger partial charge in [0.25, 0.3) is 5.92 Å². The van der Waals surface area contributed by atoms with Gasteiger partial charge in [-0.05, 0) is 6.42 Å². The van der Waals surface area contributed by atoms with Crippen molar-refractivity contribution in [2.75, 3.05) is 11.5 Å². The molecule has 0 aromatic rings. The van der Waals surface area contributed by atoms with Gasteiger partial charge in [-0.3, -0.25) is 4.79 Å². The molecule has 0 saturated carbocycles. The average molecular weight is 196 g/mol. The predicted octanol–water partition coefficient (Wildman–Crippen LogP) is 1.85. The van der Waals surface area contributed by atoms with Crippen LogP contribution in [0.25, 0.3) is 0 Å². The highest BCUT2D eigenvalue weighted by atomic mass is 32.2. The minimum Gasteiger partial charge on any atom is -0.481 e. The van der Waals surface area contributed by atoms with Crippen molar-refractivity contribution in [1.29, 1.82) is 0 Å². The topological polar surface area (TPSA) is 37.3 Å². The Hall–Kier alpha value is -0.320. The van der Waals surface area contributed by atoms with Crippen LogP contribution in [0.1, 0.15) is 12.8 Å². The Morgan fingerprint density at radius 2 is 2.33 bits per heavy atom. The second-order valence-electron chi connectivity index (χ2n) is 2.91. The molecule has 0 aliphatic carbocycles. The van der Waals surface area contributed by atoms with E-state index in [0.717, 1.165) is 0 Å². The van der Waals surface area contributed by atoms with Crippen LogP contribution in [0.2, 0.25) is 0 Å². The molecule has 0 aromatic carbocycles. The zero-order chi connectivity index (χ0) is 9.19. The summed E-state index contributed by atoms with van der Waals surface area (Å²) in [6.45, 7) is 0. The molecule has 0 spiro atoms. The van der Waals surface area contributed by atoms with E-state index in [4.69, 9.17) is 5.11 Å². The van der Waals surface area contributed by atoms with Gasteiger partial charge in [-0.15, -0.1) is 0 Å². The summed E-state index contributed by atoms with van der Waals surface area (Å²) in [4.78, 5) is 10.1. The van der Waals surface area contributed by atoms with Crippen molar-refractivity contribution in [2.24, 2.45) is 5.92 Å². The van der Waals surface area contributed by atoms with Crippen molar-refractivity contribution < 1.29 is 18.7 Å². The lowest BCUT2D eigenvalue weighted by Crippen LogP contribution is -2.26. The summed E-state index contributed by atoms with van der Waals surface area (Å²) in [6, 6.07) is 0. The quantitative estimate of drug-likeness (QED) is 0.748. The minimum atomic E-state index is -2.65. The molecule has 0 aromatic heterocycles. The normalized spacial score (nSPS) is 27.3. The van der Waals surface area contributed by atoms with Crippen LogP contribution in [0.4, 0.5) is 8.78 Å². The lowest BCUT2D eigenvalue weighted by Gasteiger charge is -2.16. The molecule has 1 aliphatic heterocycles. The molecule has 1 fully saturated rings. The summed E-state index contributed by atoms with van der Waals surface area (Å²) in [7, 11) is 0. The first-order valence-corrected chi connectivity index (χ1v) is 4.85. The molecule has 1 unspecified atom stereocenters. The maximum Gasteiger partial charge on any atom is 0.303 e. The van der Waals surface area contributed by atoms with Crippen LogP contribution >= 0.6 is 11.8 Å². The molecule has 1 aliphatic rings. The van der Waals surface area contributed by atoms with Crippen LogP contribution < -0.4 is 0 Å². The molecule has 12 heavy (non-hydrogen) atoms. The number of thioether (sulfide) groups is 1. The summed E-state index contributed by atoms with van der Waals surface area (Å²) in [5, 5.41) is 8.29. The van der Waals surface area contributed by atoms with E-state index in [9.17, 15) is 13.6 Å². The highest BCUT2D eigenvalue weighted by molar-refractivity contribution is 7.99. The molecule has 70 valence electrons. The van der Waals surface area contributed by atoms with Crippen LogP contribution in [-0.2, 0) is 4.79 Å². The number of carbonyl (C=O) groups is 1. The van der Waals surface area contributed by atoms with Gasteiger partial charge in [0.1, 0.15) is 0 Å². The molecular weight excluding hydrogens is 186 g/mol. The molecule has 0 bridgehead atoms. The van der Waals surface area contributed by atoms with Crippen LogP contribution in [-0.4, -0.2) is 28.5 Å². The first kappa shape index (κ1) is 9.77. The predicted molar refractivity (Wildman–Crippen MR) is 42.6 cm³/mol. The van der Waals surface area contributed by atoms with Gasteiger partial charge in [0, 0.05) is 18.1 Å². The maximum atomic E-state index is 12.8. The number of carboxylic acid groups (broad SMARTS) is 1. The number of rotatable bonds is 3. The van der Waals surface area contributed by atoms with Gasteiger partial charge in [-0.25, -0.2) is 8.78 Å². The molecular formula is C7H10F2O2S. The number of carboxylic acids is 1. The molecule has 0 radical (unpaired) electrons. The first-order chi connectivity index (χ1) is 5.52. The van der Waals surface area contributed by atoms with Gasteiger partial charge in [0.2, 0.25) is 0 Å². The van der Waals surface area contributed by atoms with Crippen molar-refractivity contribution in [2.45, 2.75) is 18.8 Å². The van der Waals surface area contributed by atoms with E-state index in [0.29, 0.717) is 5.75 Å². The third-order valence-electron chi connectivity index (χ3n) is 1.92. The van der Waals surface area contributed by atoms with E-state index in [1.165, 1.54) is 11.8 Å². The summed E-state index contributed by atoms with van der Waals surface area (Å²) < 4.78 is 25.7. The van der Waals surface area contributed by atoms with E-state index >= 15 is 0 Å². The van der Waals surface area contributed by atoms with Crippen molar-refractivity contribution in [1.82, 2.24) is 0 Å². The number of alkyl halides is 2. The largest absolute Gasteiger partial charge is 0.481 e. The van der Waals surface area contributed by atoms with Gasteiger partial charge in [0.15, 0.2) is 0 Å². The lowest BCUT2D eigenvalue weighted by atomic mass is 9.99. The second kappa shape index (κ2) is 3.60. The molecule has 1 N–H and O–H groups in total. The third-order valence-corrected chi connectivity index (χ3v) is 3.14. The molecule has 1 atom stereocenters. The number of halogens is 2. The fourth-order valence-corrected chi connectivity index (χ4v) is 2.49. The van der Waals surface area contributed by atoms with E-state index in [-0.39, 0.29) is 18.6 Å². The van der Waals surface area contributed by atoms with Gasteiger partial charge < -0.3 is 5.11 Å². The molecule has 1 heterocycles. The Bertz CT molecular complexity index is 184. The summed E-state index contributed by atoms with van der Waals surface area (Å²) in [5.74, 6) is -4.15. The molecule has 5 heteroatoms. The summed E-state index contributed by atoms with van der Waals surface area (Å²) in [6.07, 6.45) is -0.0594. The third kappa shape index (κ3) is 2.33. The minimum absolute atomic E-state index is 0.0926. The van der Waals surface area contributed by atoms with Crippen LogP contribution in [0, 0.1) is 5.92 Å². The first-order valence-electron chi connectivity index (χ1n) is 3.70. The summed E-state index contributed by atoms with van der Waals surface area (Å²) in [5.41, 5.74) is 0. The Balaban J connectivity index is 2.36. The number of hydrogen-bond donors (Lipinski definition) is 1. The molecule has 0 amide bonds. The fraction of sp³-hybridized carbons (Fsp3) is 0.857. The lowest BCUT2D eigenvalue weighted by molar-refractivity contribution is -0.137. The van der Waals surface area contributed by atoms with Crippen LogP contribution in [0.15, 0.2) is 0 Å². The summed E-state index contributed by atoms with van der Waals surface area (Å²) >= 11 is 1.20. The average Bonchev–Trinajstić information content (AvgIpc) is 2.25. The fourth-order valence-electron chi connectivity index (χ4n) is 1.17. The Kier molecular flexibility index (Phi) is 2.93. The van der Waals surface area contributed by atoms with Gasteiger partial charge in [-0.2, -0.15) is 11.8 Å². The van der Waals surface area contributed by atoms with E-state index in [1.54, 1.807) is 0 Å². The van der Waals surface area contributed by atoms with Crippen molar-refractivity contribution in [3.63, 3.8) is 0 Å². The van der Waals surface area contributed by atoms with Crippen molar-refractivity contribution in [3.05, 3.63) is 0 Å². The molecule has 1 rings (SSSR count). The highest BCUT2D eigenvalue weighted by Crippen LogP contribution is 2.40. The van der Waals surface area contributed by atoms with E-state index in [1.807, 2.05) is 0 Å². The monoisotopic (exact) mass is 196 g/mol. The second-order valence-corrected chi connectivity index (χ2v) is 3.94. The Morgan fingerprint density at radius 3 is 2.75 bits per heavy atom. The standard InChI is InChI=1S/C7H10F2O2S/c8-7(9)4-12-3-5(7)1-2-6(10)11/h5H,1-4H2,(H,10,11).